The number of hydrogen-bond acceptors (Lipinski definition) is 3. The molecule has 0 bridgehead atoms. The maximum absolute atomic E-state index is 12.2. The third-order valence-corrected chi connectivity index (χ3v) is 3.14. The molecule has 2 amide bonds. The molecule has 0 spiro atoms. The fraction of sp³-hybridized carbons (Fsp3) is 0.385. The number of amides is 2. The van der Waals surface area contributed by atoms with Gasteiger partial charge in [0.15, 0.2) is 0 Å². The molecule has 0 radical (unpaired) electrons. The second-order valence-electron chi connectivity index (χ2n) is 4.40. The quantitative estimate of drug-likeness (QED) is 0.781. The highest BCUT2D eigenvalue weighted by Gasteiger charge is 2.24. The number of hydrogen-bond donors (Lipinski definition) is 3. The van der Waals surface area contributed by atoms with Gasteiger partial charge in [0.1, 0.15) is 0 Å². The number of halogens is 1. The molecule has 0 saturated carbocycles. The van der Waals surface area contributed by atoms with Crippen molar-refractivity contribution in [1.29, 1.82) is 0 Å². The molecule has 1 atom stereocenters. The summed E-state index contributed by atoms with van der Waals surface area (Å²) in [5, 5.41) is 9.14. The van der Waals surface area contributed by atoms with Crippen LogP contribution in [0.3, 0.4) is 0 Å². The van der Waals surface area contributed by atoms with Gasteiger partial charge in [-0.25, -0.2) is 0 Å². The lowest BCUT2D eigenvalue weighted by Crippen LogP contribution is -2.36. The van der Waals surface area contributed by atoms with Crippen LogP contribution in [0.4, 0.5) is 5.69 Å². The molecule has 1 unspecified atom stereocenters. The van der Waals surface area contributed by atoms with Crippen LogP contribution in [0, 0.1) is 0 Å². The summed E-state index contributed by atoms with van der Waals surface area (Å²) >= 11 is 5.93. The van der Waals surface area contributed by atoms with Gasteiger partial charge in [-0.1, -0.05) is 11.6 Å². The molecule has 1 aromatic carbocycles. The maximum atomic E-state index is 12.2. The molecular weight excluding hydrogens is 266 g/mol. The van der Waals surface area contributed by atoms with Crippen LogP contribution in [0.15, 0.2) is 18.2 Å². The lowest BCUT2D eigenvalue weighted by molar-refractivity contribution is -0.119. The van der Waals surface area contributed by atoms with Gasteiger partial charge < -0.3 is 16.0 Å². The third kappa shape index (κ3) is 3.38. The Bertz CT molecular complexity index is 505. The predicted octanol–water partition coefficient (Wildman–Crippen LogP) is 1.39. The number of benzene rings is 1. The summed E-state index contributed by atoms with van der Waals surface area (Å²) in [6.07, 6.45) is 0.322. The summed E-state index contributed by atoms with van der Waals surface area (Å²) in [6, 6.07) is 4.97. The Morgan fingerprint density at radius 3 is 2.95 bits per heavy atom. The first-order chi connectivity index (χ1) is 9.10. The molecule has 1 saturated heterocycles. The van der Waals surface area contributed by atoms with E-state index in [9.17, 15) is 9.59 Å². The van der Waals surface area contributed by atoms with Crippen molar-refractivity contribution in [3.8, 4) is 0 Å². The number of carbonyl (C=O) groups is 2. The second kappa shape index (κ2) is 5.93. The molecule has 3 N–H and O–H groups in total. The molecule has 1 aliphatic rings. The monoisotopic (exact) mass is 281 g/mol. The summed E-state index contributed by atoms with van der Waals surface area (Å²) in [4.78, 5) is 23.3. The zero-order valence-electron chi connectivity index (χ0n) is 10.6. The highest BCUT2D eigenvalue weighted by atomic mass is 35.5. The van der Waals surface area contributed by atoms with E-state index >= 15 is 0 Å². The van der Waals surface area contributed by atoms with E-state index in [0.29, 0.717) is 30.1 Å². The lowest BCUT2D eigenvalue weighted by atomic mass is 10.1. The van der Waals surface area contributed by atoms with Crippen LogP contribution in [-0.2, 0) is 4.79 Å². The molecule has 19 heavy (non-hydrogen) atoms. The van der Waals surface area contributed by atoms with Crippen LogP contribution >= 0.6 is 11.6 Å². The molecule has 1 heterocycles. The SMILES string of the molecule is CCNc1ccc(Cl)cc1C(=O)NC1CNC(=O)C1. The van der Waals surface area contributed by atoms with Crippen molar-refractivity contribution in [2.24, 2.45) is 0 Å². The van der Waals surface area contributed by atoms with Gasteiger partial charge in [-0.2, -0.15) is 0 Å². The smallest absolute Gasteiger partial charge is 0.253 e. The van der Waals surface area contributed by atoms with Gasteiger partial charge in [-0.3, -0.25) is 9.59 Å². The third-order valence-electron chi connectivity index (χ3n) is 2.91. The Morgan fingerprint density at radius 1 is 1.53 bits per heavy atom. The van der Waals surface area contributed by atoms with Crippen molar-refractivity contribution in [3.63, 3.8) is 0 Å². The Labute approximate surface area is 116 Å². The van der Waals surface area contributed by atoms with Gasteiger partial charge in [0.2, 0.25) is 5.91 Å². The van der Waals surface area contributed by atoms with Gasteiger partial charge in [0.05, 0.1) is 11.6 Å². The van der Waals surface area contributed by atoms with E-state index in [-0.39, 0.29) is 17.9 Å². The maximum Gasteiger partial charge on any atom is 0.253 e. The van der Waals surface area contributed by atoms with Gasteiger partial charge >= 0.3 is 0 Å². The van der Waals surface area contributed by atoms with Crippen LogP contribution in [0.5, 0.6) is 0 Å². The first kappa shape index (κ1) is 13.7. The summed E-state index contributed by atoms with van der Waals surface area (Å²) in [6.45, 7) is 3.14. The van der Waals surface area contributed by atoms with E-state index in [1.165, 1.54) is 0 Å². The Balaban J connectivity index is 2.13. The van der Waals surface area contributed by atoms with Crippen molar-refractivity contribution in [1.82, 2.24) is 10.6 Å². The molecule has 6 heteroatoms. The number of carbonyl (C=O) groups excluding carboxylic acids is 2. The lowest BCUT2D eigenvalue weighted by Gasteiger charge is -2.14. The molecule has 2 rings (SSSR count). The van der Waals surface area contributed by atoms with Gasteiger partial charge in [0, 0.05) is 30.2 Å². The summed E-state index contributed by atoms with van der Waals surface area (Å²) in [5.74, 6) is -0.261. The number of nitrogens with one attached hydrogen (secondary N) is 3. The van der Waals surface area contributed by atoms with E-state index in [1.54, 1.807) is 18.2 Å². The topological polar surface area (TPSA) is 70.2 Å². The van der Waals surface area contributed by atoms with Gasteiger partial charge in [-0.15, -0.1) is 0 Å². The number of rotatable bonds is 4. The largest absolute Gasteiger partial charge is 0.385 e. The fourth-order valence-electron chi connectivity index (χ4n) is 2.02. The first-order valence-corrected chi connectivity index (χ1v) is 6.59. The Morgan fingerprint density at radius 2 is 2.32 bits per heavy atom. The molecule has 0 aromatic heterocycles. The summed E-state index contributed by atoms with van der Waals surface area (Å²) in [5.41, 5.74) is 1.23. The predicted molar refractivity (Wildman–Crippen MR) is 74.5 cm³/mol. The van der Waals surface area contributed by atoms with Crippen LogP contribution in [0.25, 0.3) is 0 Å². The number of anilines is 1. The van der Waals surface area contributed by atoms with Crippen LogP contribution in [-0.4, -0.2) is 30.9 Å². The molecule has 102 valence electrons. The fourth-order valence-corrected chi connectivity index (χ4v) is 2.19. The molecule has 1 aromatic rings. The standard InChI is InChI=1S/C13H16ClN3O2/c1-2-15-11-4-3-8(14)5-10(11)13(19)17-9-6-12(18)16-7-9/h3-5,9,15H,2,6-7H2,1H3,(H,16,18)(H,17,19). The average molecular weight is 282 g/mol. The molecule has 0 aliphatic carbocycles. The minimum Gasteiger partial charge on any atom is -0.385 e. The van der Waals surface area contributed by atoms with E-state index < -0.39 is 0 Å². The Hall–Kier alpha value is -1.75. The molecule has 1 aliphatic heterocycles. The van der Waals surface area contributed by atoms with Crippen LogP contribution in [0.2, 0.25) is 5.02 Å². The summed E-state index contributed by atoms with van der Waals surface area (Å²) in [7, 11) is 0. The molecular formula is C13H16ClN3O2. The van der Waals surface area contributed by atoms with Crippen molar-refractivity contribution >= 4 is 29.1 Å². The van der Waals surface area contributed by atoms with E-state index in [1.807, 2.05) is 6.92 Å². The zero-order chi connectivity index (χ0) is 13.8. The average Bonchev–Trinajstić information content (AvgIpc) is 2.77. The highest BCUT2D eigenvalue weighted by Crippen LogP contribution is 2.21. The minimum absolute atomic E-state index is 0.0386. The molecule has 5 nitrogen and oxygen atoms in total. The van der Waals surface area contributed by atoms with Gasteiger partial charge in [-0.05, 0) is 25.1 Å². The normalized spacial score (nSPS) is 18.0. The Kier molecular flexibility index (Phi) is 4.27. The van der Waals surface area contributed by atoms with Crippen molar-refractivity contribution in [2.75, 3.05) is 18.4 Å². The van der Waals surface area contributed by atoms with Crippen molar-refractivity contribution in [3.05, 3.63) is 28.8 Å². The van der Waals surface area contributed by atoms with E-state index in [0.717, 1.165) is 5.69 Å². The van der Waals surface area contributed by atoms with E-state index in [2.05, 4.69) is 16.0 Å². The van der Waals surface area contributed by atoms with Crippen molar-refractivity contribution < 1.29 is 9.59 Å². The highest BCUT2D eigenvalue weighted by molar-refractivity contribution is 6.31. The first-order valence-electron chi connectivity index (χ1n) is 6.21. The summed E-state index contributed by atoms with van der Waals surface area (Å²) < 4.78 is 0. The second-order valence-corrected chi connectivity index (χ2v) is 4.84. The minimum atomic E-state index is -0.222. The van der Waals surface area contributed by atoms with Gasteiger partial charge in [0.25, 0.3) is 5.91 Å². The van der Waals surface area contributed by atoms with Crippen LogP contribution < -0.4 is 16.0 Å². The molecule has 1 fully saturated rings. The zero-order valence-corrected chi connectivity index (χ0v) is 11.4. The van der Waals surface area contributed by atoms with E-state index in [4.69, 9.17) is 11.6 Å². The van der Waals surface area contributed by atoms with Crippen molar-refractivity contribution in [2.45, 2.75) is 19.4 Å². The van der Waals surface area contributed by atoms with Crippen LogP contribution in [0.1, 0.15) is 23.7 Å².